The predicted molar refractivity (Wildman–Crippen MR) is 98.7 cm³/mol. The van der Waals surface area contributed by atoms with Crippen molar-refractivity contribution in [2.24, 2.45) is 7.05 Å². The molecule has 2 aromatic heterocycles. The zero-order valence-electron chi connectivity index (χ0n) is 15.0. The van der Waals surface area contributed by atoms with Gasteiger partial charge < -0.3 is 14.6 Å². The average molecular weight is 339 g/mol. The van der Waals surface area contributed by atoms with Gasteiger partial charge in [0.25, 0.3) is 6.01 Å². The summed E-state index contributed by atoms with van der Waals surface area (Å²) in [6.45, 7) is 3.89. The Labute approximate surface area is 145 Å². The fourth-order valence-corrected chi connectivity index (χ4v) is 2.56. The smallest absolute Gasteiger partial charge is 0.297 e. The molecule has 3 rings (SSSR count). The maximum atomic E-state index is 12.2. The van der Waals surface area contributed by atoms with Crippen LogP contribution in [0.2, 0.25) is 0 Å². The first-order chi connectivity index (χ1) is 11.8. The van der Waals surface area contributed by atoms with Gasteiger partial charge in [-0.1, -0.05) is 0 Å². The number of carbonyl (C=O) groups is 1. The number of amides is 1. The lowest BCUT2D eigenvalue weighted by Gasteiger charge is -2.03. The molecule has 0 aliphatic carbocycles. The zero-order chi connectivity index (χ0) is 18.1. The molecule has 0 spiro atoms. The van der Waals surface area contributed by atoms with E-state index in [0.717, 1.165) is 17.0 Å². The molecule has 7 nitrogen and oxygen atoms in total. The third-order valence-electron chi connectivity index (χ3n) is 3.99. The number of rotatable bonds is 4. The van der Waals surface area contributed by atoms with E-state index in [2.05, 4.69) is 15.4 Å². The Morgan fingerprint density at radius 1 is 1.32 bits per heavy atom. The highest BCUT2D eigenvalue weighted by molar-refractivity contribution is 6.02. The molecule has 0 radical (unpaired) electrons. The second kappa shape index (κ2) is 6.43. The second-order valence-electron chi connectivity index (χ2n) is 6.10. The number of fused-ring (bicyclic) bond motifs is 1. The van der Waals surface area contributed by atoms with E-state index >= 15 is 0 Å². The summed E-state index contributed by atoms with van der Waals surface area (Å²) >= 11 is 0. The quantitative estimate of drug-likeness (QED) is 0.740. The number of carbonyl (C=O) groups excluding carboxylic acids is 1. The van der Waals surface area contributed by atoms with Crippen molar-refractivity contribution in [2.75, 3.05) is 24.3 Å². The van der Waals surface area contributed by atoms with E-state index in [1.54, 1.807) is 33.9 Å². The highest BCUT2D eigenvalue weighted by atomic mass is 16.4. The van der Waals surface area contributed by atoms with E-state index in [1.807, 2.05) is 35.0 Å². The molecule has 0 unspecified atom stereocenters. The van der Waals surface area contributed by atoms with Gasteiger partial charge in [-0.05, 0) is 38.1 Å². The summed E-state index contributed by atoms with van der Waals surface area (Å²) in [5.41, 5.74) is 4.91. The molecule has 0 bridgehead atoms. The summed E-state index contributed by atoms with van der Waals surface area (Å²) in [5, 5.41) is 7.17. The number of hydrogen-bond acceptors (Lipinski definition) is 5. The van der Waals surface area contributed by atoms with Crippen molar-refractivity contribution in [2.45, 2.75) is 13.8 Å². The van der Waals surface area contributed by atoms with Gasteiger partial charge in [-0.3, -0.25) is 9.48 Å². The molecule has 2 heterocycles. The van der Waals surface area contributed by atoms with Crippen molar-refractivity contribution in [3.63, 3.8) is 0 Å². The number of nitrogens with zero attached hydrogens (tertiary/aromatic N) is 4. The topological polar surface area (TPSA) is 76.2 Å². The number of aryl methyl sites for hydroxylation is 2. The van der Waals surface area contributed by atoms with Crippen molar-refractivity contribution in [3.05, 3.63) is 41.2 Å². The molecule has 0 fully saturated rings. The SMILES string of the molecule is Cc1nn(C)c(C)c1/C=C/C(=O)Nc1ccc2oc(N(C)C)nc2c1. The molecule has 0 aliphatic heterocycles. The first kappa shape index (κ1) is 16.8. The summed E-state index contributed by atoms with van der Waals surface area (Å²) in [4.78, 5) is 18.4. The molecule has 25 heavy (non-hydrogen) atoms. The van der Waals surface area contributed by atoms with Crippen LogP contribution in [0, 0.1) is 13.8 Å². The summed E-state index contributed by atoms with van der Waals surface area (Å²) in [6.07, 6.45) is 3.29. The standard InChI is InChI=1S/C18H21N5O2/c1-11-14(12(2)23(5)21-11)7-9-17(24)19-13-6-8-16-15(10-13)20-18(25-16)22(3)4/h6-10H,1-5H3,(H,19,24)/b9-7+. The summed E-state index contributed by atoms with van der Waals surface area (Å²) in [7, 11) is 5.61. The van der Waals surface area contributed by atoms with E-state index in [0.29, 0.717) is 22.8 Å². The fourth-order valence-electron chi connectivity index (χ4n) is 2.56. The van der Waals surface area contributed by atoms with Gasteiger partial charge in [-0.15, -0.1) is 0 Å². The van der Waals surface area contributed by atoms with Crippen LogP contribution in [-0.4, -0.2) is 34.8 Å². The Kier molecular flexibility index (Phi) is 4.31. The van der Waals surface area contributed by atoms with Gasteiger partial charge in [0.15, 0.2) is 5.58 Å². The zero-order valence-corrected chi connectivity index (χ0v) is 15.0. The van der Waals surface area contributed by atoms with Crippen LogP contribution in [0.25, 0.3) is 17.2 Å². The van der Waals surface area contributed by atoms with Gasteiger partial charge in [0.1, 0.15) is 5.52 Å². The number of aromatic nitrogens is 3. The minimum absolute atomic E-state index is 0.210. The second-order valence-corrected chi connectivity index (χ2v) is 6.10. The maximum Gasteiger partial charge on any atom is 0.297 e. The summed E-state index contributed by atoms with van der Waals surface area (Å²) in [6, 6.07) is 5.91. The Bertz CT molecular complexity index is 965. The molecule has 1 aromatic carbocycles. The lowest BCUT2D eigenvalue weighted by molar-refractivity contribution is -0.111. The average Bonchev–Trinajstić information content (AvgIpc) is 3.07. The van der Waals surface area contributed by atoms with Crippen molar-refractivity contribution in [1.82, 2.24) is 14.8 Å². The normalized spacial score (nSPS) is 11.4. The first-order valence-corrected chi connectivity index (χ1v) is 7.92. The van der Waals surface area contributed by atoms with E-state index in [4.69, 9.17) is 4.42 Å². The third kappa shape index (κ3) is 3.40. The van der Waals surface area contributed by atoms with Gasteiger partial charge in [-0.2, -0.15) is 10.1 Å². The molecule has 0 aliphatic rings. The van der Waals surface area contributed by atoms with Crippen LogP contribution in [0.15, 0.2) is 28.7 Å². The lowest BCUT2D eigenvalue weighted by atomic mass is 10.2. The minimum atomic E-state index is -0.210. The monoisotopic (exact) mass is 339 g/mol. The van der Waals surface area contributed by atoms with Crippen LogP contribution in [0.4, 0.5) is 11.7 Å². The summed E-state index contributed by atoms with van der Waals surface area (Å²) in [5.74, 6) is -0.210. The number of oxazole rings is 1. The minimum Gasteiger partial charge on any atom is -0.423 e. The Balaban J connectivity index is 1.76. The largest absolute Gasteiger partial charge is 0.423 e. The number of benzene rings is 1. The highest BCUT2D eigenvalue weighted by Crippen LogP contribution is 2.23. The van der Waals surface area contributed by atoms with Gasteiger partial charge in [0, 0.05) is 44.2 Å². The van der Waals surface area contributed by atoms with Gasteiger partial charge >= 0.3 is 0 Å². The highest BCUT2D eigenvalue weighted by Gasteiger charge is 2.09. The molecule has 0 atom stereocenters. The lowest BCUT2D eigenvalue weighted by Crippen LogP contribution is -2.08. The van der Waals surface area contributed by atoms with Gasteiger partial charge in [-0.25, -0.2) is 0 Å². The fraction of sp³-hybridized carbons (Fsp3) is 0.278. The molecular formula is C18H21N5O2. The van der Waals surface area contributed by atoms with Crippen LogP contribution in [-0.2, 0) is 11.8 Å². The van der Waals surface area contributed by atoms with Crippen molar-refractivity contribution >= 4 is 34.8 Å². The van der Waals surface area contributed by atoms with Crippen LogP contribution in [0.3, 0.4) is 0 Å². The first-order valence-electron chi connectivity index (χ1n) is 7.92. The van der Waals surface area contributed by atoms with Crippen molar-refractivity contribution in [3.8, 4) is 0 Å². The van der Waals surface area contributed by atoms with E-state index < -0.39 is 0 Å². The third-order valence-corrected chi connectivity index (χ3v) is 3.99. The summed E-state index contributed by atoms with van der Waals surface area (Å²) < 4.78 is 7.40. The molecule has 3 aromatic rings. The molecule has 130 valence electrons. The molecule has 0 saturated heterocycles. The molecule has 1 amide bonds. The Morgan fingerprint density at radius 2 is 2.08 bits per heavy atom. The van der Waals surface area contributed by atoms with Gasteiger partial charge in [0.05, 0.1) is 5.69 Å². The molecule has 7 heteroatoms. The predicted octanol–water partition coefficient (Wildman–Crippen LogP) is 2.90. The molecule has 1 N–H and O–H groups in total. The number of nitrogens with one attached hydrogen (secondary N) is 1. The van der Waals surface area contributed by atoms with E-state index in [-0.39, 0.29) is 5.91 Å². The van der Waals surface area contributed by atoms with Crippen LogP contribution >= 0.6 is 0 Å². The van der Waals surface area contributed by atoms with Crippen LogP contribution in [0.1, 0.15) is 17.0 Å². The Morgan fingerprint density at radius 3 is 2.72 bits per heavy atom. The van der Waals surface area contributed by atoms with Crippen LogP contribution < -0.4 is 10.2 Å². The van der Waals surface area contributed by atoms with Crippen molar-refractivity contribution < 1.29 is 9.21 Å². The van der Waals surface area contributed by atoms with Crippen molar-refractivity contribution in [1.29, 1.82) is 0 Å². The molecule has 0 saturated carbocycles. The van der Waals surface area contributed by atoms with Crippen LogP contribution in [0.5, 0.6) is 0 Å². The van der Waals surface area contributed by atoms with E-state index in [1.165, 1.54) is 6.08 Å². The molecular weight excluding hydrogens is 318 g/mol. The van der Waals surface area contributed by atoms with E-state index in [9.17, 15) is 4.79 Å². The maximum absolute atomic E-state index is 12.2. The number of anilines is 2. The van der Waals surface area contributed by atoms with Gasteiger partial charge in [0.2, 0.25) is 5.91 Å². The Hall–Kier alpha value is -3.09. The number of hydrogen-bond donors (Lipinski definition) is 1.